The van der Waals surface area contributed by atoms with Gasteiger partial charge in [0, 0.05) is 18.2 Å². The summed E-state index contributed by atoms with van der Waals surface area (Å²) in [5, 5.41) is 3.31. The normalized spacial score (nSPS) is 10.7. The first-order chi connectivity index (χ1) is 9.17. The first-order valence-electron chi connectivity index (χ1n) is 6.26. The molecule has 0 aromatic carbocycles. The SMILES string of the molecule is C=C(C)C(=O)OCCNC(CC)CC.COS(=O)(=O)O. The van der Waals surface area contributed by atoms with Crippen LogP contribution in [0.25, 0.3) is 0 Å². The van der Waals surface area contributed by atoms with E-state index in [9.17, 15) is 13.2 Å². The maximum absolute atomic E-state index is 11.0. The van der Waals surface area contributed by atoms with Gasteiger partial charge < -0.3 is 10.1 Å². The van der Waals surface area contributed by atoms with E-state index in [0.717, 1.165) is 20.0 Å². The number of rotatable bonds is 8. The Morgan fingerprint density at radius 3 is 2.10 bits per heavy atom. The van der Waals surface area contributed by atoms with E-state index in [4.69, 9.17) is 9.29 Å². The van der Waals surface area contributed by atoms with E-state index < -0.39 is 10.4 Å². The number of carbonyl (C=O) groups is 1. The van der Waals surface area contributed by atoms with Crippen molar-refractivity contribution in [2.75, 3.05) is 20.3 Å². The molecule has 0 rings (SSSR count). The molecule has 0 aromatic rings. The highest BCUT2D eigenvalue weighted by Gasteiger charge is 2.04. The van der Waals surface area contributed by atoms with E-state index in [1.54, 1.807) is 6.92 Å². The van der Waals surface area contributed by atoms with E-state index in [1.807, 2.05) is 0 Å². The Hall–Kier alpha value is -0.960. The minimum absolute atomic E-state index is 0.309. The lowest BCUT2D eigenvalue weighted by Gasteiger charge is -2.14. The standard InChI is InChI=1S/C11H21NO2.CH4O4S/c1-5-10(6-2)12-7-8-14-11(13)9(3)4;1-5-6(2,3)4/h10,12H,3,5-8H2,1-2,4H3;1H3,(H,2,3,4). The molecule has 120 valence electrons. The van der Waals surface area contributed by atoms with Gasteiger partial charge in [-0.3, -0.25) is 8.74 Å². The maximum atomic E-state index is 11.0. The summed E-state index contributed by atoms with van der Waals surface area (Å²) in [4.78, 5) is 11.0. The summed E-state index contributed by atoms with van der Waals surface area (Å²) in [6.45, 7) is 10.6. The molecule has 0 saturated carbocycles. The van der Waals surface area contributed by atoms with Crippen LogP contribution in [0.4, 0.5) is 0 Å². The first kappa shape index (κ1) is 21.3. The summed E-state index contributed by atoms with van der Waals surface area (Å²) in [6, 6.07) is 0.526. The summed E-state index contributed by atoms with van der Waals surface area (Å²) in [5.41, 5.74) is 0.451. The van der Waals surface area contributed by atoms with Gasteiger partial charge in [-0.25, -0.2) is 4.79 Å². The van der Waals surface area contributed by atoms with Gasteiger partial charge in [0.05, 0.1) is 7.11 Å². The lowest BCUT2D eigenvalue weighted by molar-refractivity contribution is -0.138. The molecule has 0 heterocycles. The molecule has 0 aromatic heterocycles. The summed E-state index contributed by atoms with van der Waals surface area (Å²) >= 11 is 0. The van der Waals surface area contributed by atoms with Crippen LogP contribution in [0.3, 0.4) is 0 Å². The minimum Gasteiger partial charge on any atom is -0.461 e. The van der Waals surface area contributed by atoms with E-state index in [1.165, 1.54) is 0 Å². The number of hydrogen-bond donors (Lipinski definition) is 2. The Labute approximate surface area is 121 Å². The highest BCUT2D eigenvalue weighted by Crippen LogP contribution is 1.95. The van der Waals surface area contributed by atoms with Gasteiger partial charge in [-0.05, 0) is 19.8 Å². The van der Waals surface area contributed by atoms with Gasteiger partial charge in [-0.2, -0.15) is 8.42 Å². The average molecular weight is 311 g/mol. The Morgan fingerprint density at radius 2 is 1.80 bits per heavy atom. The van der Waals surface area contributed by atoms with Crippen molar-refractivity contribution in [3.05, 3.63) is 12.2 Å². The van der Waals surface area contributed by atoms with Crippen molar-refractivity contribution in [3.8, 4) is 0 Å². The molecule has 0 radical (unpaired) electrons. The molecule has 2 N–H and O–H groups in total. The zero-order valence-corrected chi connectivity index (χ0v) is 13.3. The van der Waals surface area contributed by atoms with Crippen LogP contribution < -0.4 is 5.32 Å². The van der Waals surface area contributed by atoms with Crippen LogP contribution in [0.15, 0.2) is 12.2 Å². The molecule has 0 unspecified atom stereocenters. The third kappa shape index (κ3) is 15.1. The van der Waals surface area contributed by atoms with Crippen LogP contribution in [0, 0.1) is 0 Å². The second kappa shape index (κ2) is 11.8. The molecule has 0 aliphatic carbocycles. The fraction of sp³-hybridized carbons (Fsp3) is 0.750. The molecule has 0 fully saturated rings. The zero-order chi connectivity index (χ0) is 16.2. The highest BCUT2D eigenvalue weighted by molar-refractivity contribution is 7.80. The van der Waals surface area contributed by atoms with Gasteiger partial charge in [0.1, 0.15) is 6.61 Å². The summed E-state index contributed by atoms with van der Waals surface area (Å²) in [7, 11) is -3.29. The fourth-order valence-corrected chi connectivity index (χ4v) is 1.11. The van der Waals surface area contributed by atoms with Gasteiger partial charge in [0.15, 0.2) is 0 Å². The van der Waals surface area contributed by atoms with E-state index in [0.29, 0.717) is 24.8 Å². The molecule has 0 bridgehead atoms. The Bertz CT molecular complexity index is 375. The first-order valence-corrected chi connectivity index (χ1v) is 7.63. The zero-order valence-electron chi connectivity index (χ0n) is 12.5. The largest absolute Gasteiger partial charge is 0.461 e. The van der Waals surface area contributed by atoms with Crippen LogP contribution >= 0.6 is 0 Å². The Morgan fingerprint density at radius 1 is 1.35 bits per heavy atom. The second-order valence-corrected chi connectivity index (χ2v) is 5.17. The minimum atomic E-state index is -4.16. The third-order valence-electron chi connectivity index (χ3n) is 2.31. The molecule has 0 spiro atoms. The van der Waals surface area contributed by atoms with Crippen LogP contribution in [0.1, 0.15) is 33.6 Å². The predicted molar refractivity (Wildman–Crippen MR) is 76.7 cm³/mol. The van der Waals surface area contributed by atoms with Crippen LogP contribution in [-0.4, -0.2) is 45.2 Å². The van der Waals surface area contributed by atoms with Crippen molar-refractivity contribution >= 4 is 16.4 Å². The highest BCUT2D eigenvalue weighted by atomic mass is 32.3. The number of carbonyl (C=O) groups excluding carboxylic acids is 1. The molecule has 0 aliphatic heterocycles. The number of ether oxygens (including phenoxy) is 1. The van der Waals surface area contributed by atoms with Crippen LogP contribution in [-0.2, 0) is 24.1 Å². The fourth-order valence-electron chi connectivity index (χ4n) is 1.11. The van der Waals surface area contributed by atoms with Crippen molar-refractivity contribution in [2.45, 2.75) is 39.7 Å². The smallest absolute Gasteiger partial charge is 0.397 e. The molecule has 7 nitrogen and oxygen atoms in total. The maximum Gasteiger partial charge on any atom is 0.397 e. The molecule has 0 atom stereocenters. The molecule has 8 heteroatoms. The van der Waals surface area contributed by atoms with Crippen LogP contribution in [0.2, 0.25) is 0 Å². The molecular weight excluding hydrogens is 286 g/mol. The summed E-state index contributed by atoms with van der Waals surface area (Å²) < 4.78 is 34.7. The molecule has 20 heavy (non-hydrogen) atoms. The van der Waals surface area contributed by atoms with Gasteiger partial charge in [0.25, 0.3) is 0 Å². The molecular formula is C12H25NO6S. The second-order valence-electron chi connectivity index (χ2n) is 3.98. The predicted octanol–water partition coefficient (Wildman–Crippen LogP) is 1.32. The number of hydrogen-bond acceptors (Lipinski definition) is 6. The van der Waals surface area contributed by atoms with Gasteiger partial charge in [0.2, 0.25) is 0 Å². The van der Waals surface area contributed by atoms with Crippen molar-refractivity contribution in [1.29, 1.82) is 0 Å². The molecule has 0 saturated heterocycles. The summed E-state index contributed by atoms with van der Waals surface area (Å²) in [6.07, 6.45) is 2.20. The summed E-state index contributed by atoms with van der Waals surface area (Å²) in [5.74, 6) is -0.309. The Balaban J connectivity index is 0. The molecule has 0 aliphatic rings. The van der Waals surface area contributed by atoms with E-state index in [2.05, 4.69) is 29.9 Å². The average Bonchev–Trinajstić information content (AvgIpc) is 2.38. The van der Waals surface area contributed by atoms with Gasteiger partial charge in [-0.15, -0.1) is 0 Å². The third-order valence-corrected chi connectivity index (χ3v) is 2.73. The lowest BCUT2D eigenvalue weighted by Crippen LogP contribution is -2.31. The van der Waals surface area contributed by atoms with Crippen molar-refractivity contribution in [2.24, 2.45) is 0 Å². The Kier molecular flexibility index (Phi) is 12.6. The van der Waals surface area contributed by atoms with Gasteiger partial charge >= 0.3 is 16.4 Å². The molecule has 0 amide bonds. The van der Waals surface area contributed by atoms with Crippen molar-refractivity contribution in [3.63, 3.8) is 0 Å². The lowest BCUT2D eigenvalue weighted by atomic mass is 10.2. The van der Waals surface area contributed by atoms with Crippen molar-refractivity contribution in [1.82, 2.24) is 5.32 Å². The van der Waals surface area contributed by atoms with Crippen LogP contribution in [0.5, 0.6) is 0 Å². The number of esters is 1. The topological polar surface area (TPSA) is 102 Å². The van der Waals surface area contributed by atoms with Crippen molar-refractivity contribution < 1.29 is 26.7 Å². The quantitative estimate of drug-likeness (QED) is 0.301. The number of nitrogens with one attached hydrogen (secondary N) is 1. The van der Waals surface area contributed by atoms with E-state index in [-0.39, 0.29) is 5.97 Å². The van der Waals surface area contributed by atoms with Gasteiger partial charge in [-0.1, -0.05) is 20.4 Å². The van der Waals surface area contributed by atoms with E-state index >= 15 is 0 Å². The monoisotopic (exact) mass is 311 g/mol.